The smallest absolute Gasteiger partial charge is 0.165 e. The van der Waals surface area contributed by atoms with Gasteiger partial charge in [0.2, 0.25) is 0 Å². The molecule has 0 bridgehead atoms. The van der Waals surface area contributed by atoms with Crippen molar-refractivity contribution in [1.29, 1.82) is 0 Å². The van der Waals surface area contributed by atoms with Crippen molar-refractivity contribution in [3.63, 3.8) is 0 Å². The fraction of sp³-hybridized carbons (Fsp3) is 0.538. The van der Waals surface area contributed by atoms with Gasteiger partial charge < -0.3 is 10.5 Å². The highest BCUT2D eigenvalue weighted by Gasteiger charge is 2.57. The number of benzene rings is 1. The molecule has 1 aliphatic carbocycles. The van der Waals surface area contributed by atoms with Crippen molar-refractivity contribution in [2.24, 2.45) is 17.1 Å². The predicted molar refractivity (Wildman–Crippen MR) is 62.0 cm³/mol. The first-order chi connectivity index (χ1) is 7.52. The van der Waals surface area contributed by atoms with Crippen molar-refractivity contribution in [2.75, 3.05) is 13.7 Å². The summed E-state index contributed by atoms with van der Waals surface area (Å²) in [5, 5.41) is 0. The van der Waals surface area contributed by atoms with Gasteiger partial charge in [-0.15, -0.1) is 0 Å². The number of rotatable bonds is 3. The summed E-state index contributed by atoms with van der Waals surface area (Å²) in [5.41, 5.74) is 6.93. The molecule has 1 aromatic rings. The van der Waals surface area contributed by atoms with Crippen LogP contribution >= 0.6 is 0 Å². The summed E-state index contributed by atoms with van der Waals surface area (Å²) < 4.78 is 18.5. The molecule has 1 saturated carbocycles. The van der Waals surface area contributed by atoms with E-state index in [4.69, 9.17) is 10.5 Å². The molecule has 16 heavy (non-hydrogen) atoms. The molecule has 3 heteroatoms. The Bertz CT molecular complexity index is 403. The summed E-state index contributed by atoms with van der Waals surface area (Å²) in [7, 11) is 1.47. The van der Waals surface area contributed by atoms with Crippen LogP contribution in [0, 0.1) is 17.2 Å². The van der Waals surface area contributed by atoms with Gasteiger partial charge in [-0.3, -0.25) is 0 Å². The summed E-state index contributed by atoms with van der Waals surface area (Å²) in [6.45, 7) is 5.01. The minimum absolute atomic E-state index is 0.190. The van der Waals surface area contributed by atoms with Crippen LogP contribution in [-0.4, -0.2) is 13.7 Å². The molecule has 2 N–H and O–H groups in total. The van der Waals surface area contributed by atoms with Crippen molar-refractivity contribution in [2.45, 2.75) is 19.8 Å². The van der Waals surface area contributed by atoms with E-state index in [1.165, 1.54) is 7.11 Å². The van der Waals surface area contributed by atoms with E-state index in [0.717, 1.165) is 5.56 Å². The molecule has 88 valence electrons. The average Bonchev–Trinajstić information content (AvgIpc) is 2.80. The molecule has 2 rings (SSSR count). The topological polar surface area (TPSA) is 35.2 Å². The Morgan fingerprint density at radius 3 is 2.56 bits per heavy atom. The summed E-state index contributed by atoms with van der Waals surface area (Å²) in [6.07, 6.45) is 0. The van der Waals surface area contributed by atoms with E-state index in [9.17, 15) is 4.39 Å². The maximum atomic E-state index is 13.6. The summed E-state index contributed by atoms with van der Waals surface area (Å²) in [6, 6.07) is 5.19. The molecule has 1 aliphatic rings. The maximum Gasteiger partial charge on any atom is 0.165 e. The van der Waals surface area contributed by atoms with Crippen LogP contribution in [0.2, 0.25) is 0 Å². The monoisotopic (exact) mass is 223 g/mol. The Balaban J connectivity index is 2.27. The largest absolute Gasteiger partial charge is 0.494 e. The number of hydrogen-bond acceptors (Lipinski definition) is 2. The van der Waals surface area contributed by atoms with Crippen LogP contribution in [0.3, 0.4) is 0 Å². The van der Waals surface area contributed by atoms with E-state index in [1.807, 2.05) is 6.07 Å². The molecule has 2 atom stereocenters. The summed E-state index contributed by atoms with van der Waals surface area (Å²) in [5.74, 6) is 0.836. The highest BCUT2D eigenvalue weighted by atomic mass is 19.1. The Morgan fingerprint density at radius 2 is 2.12 bits per heavy atom. The van der Waals surface area contributed by atoms with Gasteiger partial charge in [0.25, 0.3) is 0 Å². The normalized spacial score (nSPS) is 26.6. The average molecular weight is 223 g/mol. The Labute approximate surface area is 95.6 Å². The maximum absolute atomic E-state index is 13.6. The molecular formula is C13H18FNO. The van der Waals surface area contributed by atoms with E-state index in [-0.39, 0.29) is 11.2 Å². The van der Waals surface area contributed by atoms with Crippen molar-refractivity contribution in [3.8, 4) is 5.75 Å². The van der Waals surface area contributed by atoms with E-state index < -0.39 is 0 Å². The van der Waals surface area contributed by atoms with Crippen molar-refractivity contribution < 1.29 is 9.13 Å². The van der Waals surface area contributed by atoms with Gasteiger partial charge in [0.1, 0.15) is 0 Å². The number of hydrogen-bond donors (Lipinski definition) is 1. The van der Waals surface area contributed by atoms with Gasteiger partial charge in [0.05, 0.1) is 7.11 Å². The van der Waals surface area contributed by atoms with E-state index in [0.29, 0.717) is 24.1 Å². The quantitative estimate of drug-likeness (QED) is 0.854. The Morgan fingerprint density at radius 1 is 1.44 bits per heavy atom. The Kier molecular flexibility index (Phi) is 2.66. The molecule has 0 aliphatic heterocycles. The summed E-state index contributed by atoms with van der Waals surface area (Å²) >= 11 is 0. The second kappa shape index (κ2) is 3.74. The molecule has 0 spiro atoms. The van der Waals surface area contributed by atoms with Crippen molar-refractivity contribution >= 4 is 0 Å². The number of ether oxygens (including phenoxy) is 1. The second-order valence-electron chi connectivity index (χ2n) is 5.04. The van der Waals surface area contributed by atoms with Gasteiger partial charge in [0.15, 0.2) is 11.6 Å². The number of halogens is 1. The zero-order valence-corrected chi connectivity index (χ0v) is 9.96. The first kappa shape index (κ1) is 11.4. The molecule has 0 saturated heterocycles. The third kappa shape index (κ3) is 1.59. The molecule has 1 aromatic carbocycles. The third-order valence-electron chi connectivity index (χ3n) is 3.84. The van der Waals surface area contributed by atoms with Crippen LogP contribution in [0.1, 0.15) is 25.3 Å². The Hall–Kier alpha value is -1.09. The van der Waals surface area contributed by atoms with Crippen molar-refractivity contribution in [1.82, 2.24) is 0 Å². The van der Waals surface area contributed by atoms with Crippen LogP contribution < -0.4 is 10.5 Å². The van der Waals surface area contributed by atoms with Gasteiger partial charge in [-0.05, 0) is 41.5 Å². The molecule has 1 fully saturated rings. The molecular weight excluding hydrogens is 205 g/mol. The van der Waals surface area contributed by atoms with Gasteiger partial charge in [-0.1, -0.05) is 19.9 Å². The van der Waals surface area contributed by atoms with Crippen LogP contribution in [0.25, 0.3) is 0 Å². The van der Waals surface area contributed by atoms with Gasteiger partial charge in [-0.25, -0.2) is 4.39 Å². The minimum atomic E-state index is -0.293. The highest BCUT2D eigenvalue weighted by Crippen LogP contribution is 2.63. The predicted octanol–water partition coefficient (Wildman–Crippen LogP) is 2.53. The molecule has 0 unspecified atom stereocenters. The first-order valence-electron chi connectivity index (χ1n) is 5.56. The lowest BCUT2D eigenvalue weighted by atomic mass is 10.0. The molecule has 2 nitrogen and oxygen atoms in total. The van der Waals surface area contributed by atoms with Gasteiger partial charge >= 0.3 is 0 Å². The number of nitrogens with two attached hydrogens (primary N) is 1. The van der Waals surface area contributed by atoms with Gasteiger partial charge in [-0.2, -0.15) is 0 Å². The van der Waals surface area contributed by atoms with Crippen LogP contribution in [0.4, 0.5) is 4.39 Å². The first-order valence-corrected chi connectivity index (χ1v) is 5.56. The SMILES string of the molecule is COc1ccc([C@@H]2[C@@H](CN)C2(C)C)cc1F. The highest BCUT2D eigenvalue weighted by molar-refractivity contribution is 5.37. The second-order valence-corrected chi connectivity index (χ2v) is 5.04. The zero-order chi connectivity index (χ0) is 11.9. The lowest BCUT2D eigenvalue weighted by Crippen LogP contribution is -2.05. The summed E-state index contributed by atoms with van der Waals surface area (Å²) in [4.78, 5) is 0. The minimum Gasteiger partial charge on any atom is -0.494 e. The fourth-order valence-corrected chi connectivity index (χ4v) is 2.72. The molecule has 0 radical (unpaired) electrons. The lowest BCUT2D eigenvalue weighted by molar-refractivity contribution is 0.386. The van der Waals surface area contributed by atoms with E-state index >= 15 is 0 Å². The zero-order valence-electron chi connectivity index (χ0n) is 9.96. The fourth-order valence-electron chi connectivity index (χ4n) is 2.72. The lowest BCUT2D eigenvalue weighted by Gasteiger charge is -2.06. The van der Waals surface area contributed by atoms with Crippen LogP contribution in [0.15, 0.2) is 18.2 Å². The third-order valence-corrected chi connectivity index (χ3v) is 3.84. The van der Waals surface area contributed by atoms with Crippen molar-refractivity contribution in [3.05, 3.63) is 29.6 Å². The molecule has 0 heterocycles. The molecule has 0 aromatic heterocycles. The van der Waals surface area contributed by atoms with E-state index in [1.54, 1.807) is 12.1 Å². The van der Waals surface area contributed by atoms with Crippen LogP contribution in [0.5, 0.6) is 5.75 Å². The number of methoxy groups -OCH3 is 1. The standard InChI is InChI=1S/C13H18FNO/c1-13(2)9(7-15)12(13)8-4-5-11(16-3)10(14)6-8/h4-6,9,12H,7,15H2,1-3H3/t9-,12-/m1/s1. The molecule has 0 amide bonds. The van der Waals surface area contributed by atoms with Crippen LogP contribution in [-0.2, 0) is 0 Å². The van der Waals surface area contributed by atoms with E-state index in [2.05, 4.69) is 13.8 Å². The van der Waals surface area contributed by atoms with Gasteiger partial charge in [0, 0.05) is 0 Å².